The fourth-order valence-electron chi connectivity index (χ4n) is 3.48. The highest BCUT2D eigenvalue weighted by molar-refractivity contribution is 7.92. The zero-order valence-electron chi connectivity index (χ0n) is 16.5. The van der Waals surface area contributed by atoms with Crippen molar-refractivity contribution in [2.75, 3.05) is 6.61 Å². The van der Waals surface area contributed by atoms with E-state index in [2.05, 4.69) is 0 Å². The van der Waals surface area contributed by atoms with Gasteiger partial charge in [0.05, 0.1) is 27.6 Å². The SMILES string of the molecule is CCOC(=O)C(c1cccc2ccccc12)C(C)S(=O)(=O)c1ccc([N+](=O)[O-])cc1. The Kier molecular flexibility index (Phi) is 6.17. The van der Waals surface area contributed by atoms with Gasteiger partial charge < -0.3 is 4.74 Å². The second-order valence-electron chi connectivity index (χ2n) is 6.80. The van der Waals surface area contributed by atoms with Gasteiger partial charge in [0.25, 0.3) is 5.69 Å². The molecule has 0 radical (unpaired) electrons. The smallest absolute Gasteiger partial charge is 0.314 e. The van der Waals surface area contributed by atoms with E-state index >= 15 is 0 Å². The minimum absolute atomic E-state index is 0.0878. The normalized spacial score (nSPS) is 13.5. The molecule has 7 nitrogen and oxygen atoms in total. The number of non-ortho nitro benzene ring substituents is 1. The molecule has 0 spiro atoms. The lowest BCUT2D eigenvalue weighted by molar-refractivity contribution is -0.384. The Morgan fingerprint density at radius 3 is 2.30 bits per heavy atom. The van der Waals surface area contributed by atoms with Crippen molar-refractivity contribution in [3.8, 4) is 0 Å². The Bertz CT molecular complexity index is 1180. The van der Waals surface area contributed by atoms with Crippen LogP contribution in [0.3, 0.4) is 0 Å². The van der Waals surface area contributed by atoms with Crippen LogP contribution in [0.2, 0.25) is 0 Å². The summed E-state index contributed by atoms with van der Waals surface area (Å²) >= 11 is 0. The summed E-state index contributed by atoms with van der Waals surface area (Å²) in [5.74, 6) is -1.69. The molecule has 156 valence electrons. The zero-order valence-corrected chi connectivity index (χ0v) is 17.3. The van der Waals surface area contributed by atoms with Gasteiger partial charge in [-0.15, -0.1) is 0 Å². The Morgan fingerprint density at radius 2 is 1.67 bits per heavy atom. The molecule has 0 bridgehead atoms. The van der Waals surface area contributed by atoms with Gasteiger partial charge in [0.15, 0.2) is 9.84 Å². The molecule has 0 heterocycles. The van der Waals surface area contributed by atoms with Crippen molar-refractivity contribution < 1.29 is 22.9 Å². The largest absolute Gasteiger partial charge is 0.465 e. The highest BCUT2D eigenvalue weighted by Crippen LogP contribution is 2.34. The maximum Gasteiger partial charge on any atom is 0.314 e. The van der Waals surface area contributed by atoms with Gasteiger partial charge in [-0.3, -0.25) is 14.9 Å². The Balaban J connectivity index is 2.11. The van der Waals surface area contributed by atoms with Crippen molar-refractivity contribution in [1.29, 1.82) is 0 Å². The monoisotopic (exact) mass is 427 g/mol. The van der Waals surface area contributed by atoms with E-state index in [9.17, 15) is 23.3 Å². The Labute approximate surface area is 174 Å². The van der Waals surface area contributed by atoms with Gasteiger partial charge in [-0.1, -0.05) is 42.5 Å². The highest BCUT2D eigenvalue weighted by atomic mass is 32.2. The number of nitrogens with zero attached hydrogens (tertiary/aromatic N) is 1. The molecule has 0 aromatic heterocycles. The molecule has 3 rings (SSSR count). The van der Waals surface area contributed by atoms with Crippen LogP contribution >= 0.6 is 0 Å². The molecule has 2 unspecified atom stereocenters. The fraction of sp³-hybridized carbons (Fsp3) is 0.227. The lowest BCUT2D eigenvalue weighted by Gasteiger charge is -2.24. The van der Waals surface area contributed by atoms with Crippen molar-refractivity contribution in [3.63, 3.8) is 0 Å². The molecule has 0 aliphatic heterocycles. The number of hydrogen-bond donors (Lipinski definition) is 0. The molecule has 0 N–H and O–H groups in total. The standard InChI is InChI=1S/C22H21NO6S/c1-3-29-22(24)21(20-10-6-8-16-7-4-5-9-19(16)20)15(2)30(27,28)18-13-11-17(12-14-18)23(25)26/h4-15,21H,3H2,1-2H3. The molecule has 30 heavy (non-hydrogen) atoms. The van der Waals surface area contributed by atoms with E-state index < -0.39 is 31.9 Å². The number of fused-ring (bicyclic) bond motifs is 1. The molecule has 0 aliphatic rings. The van der Waals surface area contributed by atoms with E-state index in [0.29, 0.717) is 5.56 Å². The maximum absolute atomic E-state index is 13.3. The Morgan fingerprint density at radius 1 is 1.03 bits per heavy atom. The van der Waals surface area contributed by atoms with Crippen molar-refractivity contribution >= 4 is 32.3 Å². The van der Waals surface area contributed by atoms with E-state index in [1.807, 2.05) is 30.3 Å². The molecular formula is C22H21NO6S. The number of nitro groups is 1. The van der Waals surface area contributed by atoms with Gasteiger partial charge in [-0.2, -0.15) is 0 Å². The first-order valence-corrected chi connectivity index (χ1v) is 10.9. The van der Waals surface area contributed by atoms with E-state index in [1.54, 1.807) is 19.1 Å². The van der Waals surface area contributed by atoms with Gasteiger partial charge in [0.2, 0.25) is 0 Å². The first-order chi connectivity index (χ1) is 14.3. The lowest BCUT2D eigenvalue weighted by Crippen LogP contribution is -2.32. The average Bonchev–Trinajstić information content (AvgIpc) is 2.74. The van der Waals surface area contributed by atoms with E-state index in [0.717, 1.165) is 22.9 Å². The van der Waals surface area contributed by atoms with Gasteiger partial charge in [-0.25, -0.2) is 8.42 Å². The van der Waals surface area contributed by atoms with Crippen LogP contribution in [0.5, 0.6) is 0 Å². The van der Waals surface area contributed by atoms with Crippen molar-refractivity contribution in [3.05, 3.63) is 82.4 Å². The second kappa shape index (κ2) is 8.62. The van der Waals surface area contributed by atoms with Crippen LogP contribution < -0.4 is 0 Å². The fourth-order valence-corrected chi connectivity index (χ4v) is 5.04. The number of esters is 1. The molecule has 0 fully saturated rings. The van der Waals surface area contributed by atoms with E-state index in [1.165, 1.54) is 19.1 Å². The first kappa shape index (κ1) is 21.4. The summed E-state index contributed by atoms with van der Waals surface area (Å²) < 4.78 is 31.8. The third-order valence-electron chi connectivity index (χ3n) is 5.03. The van der Waals surface area contributed by atoms with Crippen molar-refractivity contribution in [1.82, 2.24) is 0 Å². The van der Waals surface area contributed by atoms with Crippen LogP contribution in [0.15, 0.2) is 71.6 Å². The quantitative estimate of drug-likeness (QED) is 0.317. The molecule has 0 saturated heterocycles. The van der Waals surface area contributed by atoms with Gasteiger partial charge in [0, 0.05) is 12.1 Å². The number of carbonyl (C=O) groups is 1. The van der Waals surface area contributed by atoms with Crippen molar-refractivity contribution in [2.45, 2.75) is 29.9 Å². The molecule has 2 atom stereocenters. The predicted octanol–water partition coefficient (Wildman–Crippen LogP) is 4.26. The van der Waals surface area contributed by atoms with Crippen LogP contribution in [-0.4, -0.2) is 31.2 Å². The lowest BCUT2D eigenvalue weighted by atomic mass is 9.91. The van der Waals surface area contributed by atoms with E-state index in [-0.39, 0.29) is 17.2 Å². The zero-order chi connectivity index (χ0) is 21.9. The minimum atomic E-state index is -3.98. The number of sulfone groups is 1. The molecule has 3 aromatic rings. The van der Waals surface area contributed by atoms with Gasteiger partial charge in [-0.05, 0) is 42.3 Å². The number of benzene rings is 3. The molecular weight excluding hydrogens is 406 g/mol. The number of ether oxygens (including phenoxy) is 1. The van der Waals surface area contributed by atoms with E-state index in [4.69, 9.17) is 4.74 Å². The van der Waals surface area contributed by atoms with Crippen LogP contribution in [0, 0.1) is 10.1 Å². The summed E-state index contributed by atoms with van der Waals surface area (Å²) in [6, 6.07) is 17.4. The minimum Gasteiger partial charge on any atom is -0.465 e. The topological polar surface area (TPSA) is 104 Å². The summed E-state index contributed by atoms with van der Waals surface area (Å²) in [5.41, 5.74) is 0.349. The molecule has 3 aromatic carbocycles. The average molecular weight is 427 g/mol. The summed E-state index contributed by atoms with van der Waals surface area (Å²) in [5, 5.41) is 11.4. The molecule has 0 saturated carbocycles. The van der Waals surface area contributed by atoms with Crippen LogP contribution in [0.4, 0.5) is 5.69 Å². The third kappa shape index (κ3) is 4.04. The maximum atomic E-state index is 13.3. The summed E-state index contributed by atoms with van der Waals surface area (Å²) in [4.78, 5) is 23.1. The predicted molar refractivity (Wildman–Crippen MR) is 113 cm³/mol. The van der Waals surface area contributed by atoms with Gasteiger partial charge >= 0.3 is 5.97 Å². The van der Waals surface area contributed by atoms with Crippen LogP contribution in [0.25, 0.3) is 10.8 Å². The molecule has 0 aliphatic carbocycles. The summed E-state index contributed by atoms with van der Waals surface area (Å²) in [6.07, 6.45) is 0. The van der Waals surface area contributed by atoms with Crippen LogP contribution in [-0.2, 0) is 19.4 Å². The third-order valence-corrected chi connectivity index (χ3v) is 7.21. The molecule has 8 heteroatoms. The van der Waals surface area contributed by atoms with Crippen LogP contribution in [0.1, 0.15) is 25.3 Å². The van der Waals surface area contributed by atoms with Gasteiger partial charge in [0.1, 0.15) is 0 Å². The number of rotatable bonds is 7. The summed E-state index contributed by atoms with van der Waals surface area (Å²) in [7, 11) is -3.98. The van der Waals surface area contributed by atoms with Crippen molar-refractivity contribution in [2.24, 2.45) is 0 Å². The number of carbonyl (C=O) groups excluding carboxylic acids is 1. The number of hydrogen-bond acceptors (Lipinski definition) is 6. The highest BCUT2D eigenvalue weighted by Gasteiger charge is 2.38. The Hall–Kier alpha value is -3.26. The number of nitro benzene ring substituents is 1. The first-order valence-electron chi connectivity index (χ1n) is 9.40. The summed E-state index contributed by atoms with van der Waals surface area (Å²) in [6.45, 7) is 3.23. The second-order valence-corrected chi connectivity index (χ2v) is 9.10. The molecule has 0 amide bonds.